The summed E-state index contributed by atoms with van der Waals surface area (Å²) in [6, 6.07) is 6.28. The largest absolute Gasteiger partial charge is 0.496 e. The third kappa shape index (κ3) is 3.51. The fourth-order valence-electron chi connectivity index (χ4n) is 1.72. The van der Waals surface area contributed by atoms with Crippen molar-refractivity contribution in [3.8, 4) is 5.75 Å². The van der Waals surface area contributed by atoms with Crippen LogP contribution in [0.25, 0.3) is 0 Å². The van der Waals surface area contributed by atoms with E-state index in [1.807, 2.05) is 13.1 Å². The lowest BCUT2D eigenvalue weighted by Crippen LogP contribution is -2.21. The first-order valence-electron chi connectivity index (χ1n) is 5.66. The van der Waals surface area contributed by atoms with Crippen molar-refractivity contribution in [2.45, 2.75) is 19.9 Å². The maximum atomic E-state index is 8.87. The molecular formula is C13H21NO2. The van der Waals surface area contributed by atoms with Crippen molar-refractivity contribution in [3.05, 3.63) is 29.3 Å². The van der Waals surface area contributed by atoms with Gasteiger partial charge in [0, 0.05) is 18.7 Å². The van der Waals surface area contributed by atoms with Gasteiger partial charge in [-0.05, 0) is 25.1 Å². The van der Waals surface area contributed by atoms with Gasteiger partial charge in [0.05, 0.1) is 13.7 Å². The minimum atomic E-state index is 0.187. The summed E-state index contributed by atoms with van der Waals surface area (Å²) in [5, 5.41) is 8.87. The summed E-state index contributed by atoms with van der Waals surface area (Å²) in [6.07, 6.45) is 1.03. The number of methoxy groups -OCH3 is 1. The Balaban J connectivity index is 2.82. The topological polar surface area (TPSA) is 32.7 Å². The Morgan fingerprint density at radius 2 is 2.12 bits per heavy atom. The maximum absolute atomic E-state index is 8.87. The fraction of sp³-hybridized carbons (Fsp3) is 0.538. The minimum absolute atomic E-state index is 0.187. The van der Waals surface area contributed by atoms with Crippen molar-refractivity contribution >= 4 is 0 Å². The highest BCUT2D eigenvalue weighted by Gasteiger charge is 2.06. The number of aryl methyl sites for hydroxylation is 1. The molecule has 0 spiro atoms. The third-order valence-electron chi connectivity index (χ3n) is 2.68. The number of benzene rings is 1. The van der Waals surface area contributed by atoms with Gasteiger partial charge in [-0.15, -0.1) is 0 Å². The number of aliphatic hydroxyl groups is 1. The molecule has 0 bridgehead atoms. The standard InChI is InChI=1S/C13H21NO2/c1-4-11-5-6-13(16-3)12(9-11)10-14(2)7-8-15/h5-6,9,15H,4,7-8,10H2,1-3H3. The highest BCUT2D eigenvalue weighted by atomic mass is 16.5. The number of likely N-dealkylation sites (N-methyl/N-ethyl adjacent to an activating group) is 1. The number of hydrogen-bond acceptors (Lipinski definition) is 3. The Bertz CT molecular complexity index is 326. The number of aliphatic hydroxyl groups excluding tert-OH is 1. The molecular weight excluding hydrogens is 202 g/mol. The summed E-state index contributed by atoms with van der Waals surface area (Å²) >= 11 is 0. The van der Waals surface area contributed by atoms with Gasteiger partial charge >= 0.3 is 0 Å². The molecule has 0 aliphatic rings. The van der Waals surface area contributed by atoms with Crippen LogP contribution in [0.2, 0.25) is 0 Å². The molecule has 0 unspecified atom stereocenters. The second-order valence-electron chi connectivity index (χ2n) is 3.96. The number of rotatable bonds is 6. The van der Waals surface area contributed by atoms with E-state index in [0.717, 1.165) is 18.7 Å². The summed E-state index contributed by atoms with van der Waals surface area (Å²) in [5.74, 6) is 0.919. The molecule has 0 amide bonds. The first-order valence-corrected chi connectivity index (χ1v) is 5.66. The van der Waals surface area contributed by atoms with E-state index in [0.29, 0.717) is 6.54 Å². The van der Waals surface area contributed by atoms with E-state index < -0.39 is 0 Å². The molecule has 90 valence electrons. The van der Waals surface area contributed by atoms with Crippen LogP contribution in [0.5, 0.6) is 5.75 Å². The van der Waals surface area contributed by atoms with Crippen molar-refractivity contribution < 1.29 is 9.84 Å². The summed E-state index contributed by atoms with van der Waals surface area (Å²) in [6.45, 7) is 3.81. The Labute approximate surface area is 97.7 Å². The van der Waals surface area contributed by atoms with Gasteiger partial charge < -0.3 is 9.84 Å². The summed E-state index contributed by atoms with van der Waals surface area (Å²) in [7, 11) is 3.69. The SMILES string of the molecule is CCc1ccc(OC)c(CN(C)CCO)c1. The average molecular weight is 223 g/mol. The first kappa shape index (κ1) is 13.0. The van der Waals surface area contributed by atoms with Crippen molar-refractivity contribution in [1.82, 2.24) is 4.90 Å². The first-order chi connectivity index (χ1) is 7.71. The second-order valence-corrected chi connectivity index (χ2v) is 3.96. The number of ether oxygens (including phenoxy) is 1. The van der Waals surface area contributed by atoms with E-state index in [-0.39, 0.29) is 6.61 Å². The zero-order chi connectivity index (χ0) is 12.0. The van der Waals surface area contributed by atoms with Crippen LogP contribution in [0, 0.1) is 0 Å². The molecule has 0 fully saturated rings. The summed E-state index contributed by atoms with van der Waals surface area (Å²) in [4.78, 5) is 2.08. The van der Waals surface area contributed by atoms with Gasteiger partial charge in [0.2, 0.25) is 0 Å². The summed E-state index contributed by atoms with van der Waals surface area (Å²) in [5.41, 5.74) is 2.49. The van der Waals surface area contributed by atoms with Crippen LogP contribution in [-0.4, -0.2) is 37.3 Å². The highest BCUT2D eigenvalue weighted by Crippen LogP contribution is 2.21. The van der Waals surface area contributed by atoms with Crippen molar-refractivity contribution in [1.29, 1.82) is 0 Å². The summed E-state index contributed by atoms with van der Waals surface area (Å²) < 4.78 is 5.33. The van der Waals surface area contributed by atoms with E-state index in [2.05, 4.69) is 24.0 Å². The van der Waals surface area contributed by atoms with Crippen molar-refractivity contribution in [3.63, 3.8) is 0 Å². The van der Waals surface area contributed by atoms with Gasteiger partial charge in [-0.25, -0.2) is 0 Å². The average Bonchev–Trinajstić information content (AvgIpc) is 2.29. The van der Waals surface area contributed by atoms with Crippen LogP contribution in [0.1, 0.15) is 18.1 Å². The van der Waals surface area contributed by atoms with Crippen molar-refractivity contribution in [2.24, 2.45) is 0 Å². The molecule has 1 aromatic carbocycles. The molecule has 1 rings (SSSR count). The van der Waals surface area contributed by atoms with Gasteiger partial charge in [0.25, 0.3) is 0 Å². The van der Waals surface area contributed by atoms with E-state index in [1.54, 1.807) is 7.11 Å². The third-order valence-corrected chi connectivity index (χ3v) is 2.68. The molecule has 0 radical (unpaired) electrons. The van der Waals surface area contributed by atoms with Crippen LogP contribution >= 0.6 is 0 Å². The van der Waals surface area contributed by atoms with Crippen LogP contribution < -0.4 is 4.74 Å². The van der Waals surface area contributed by atoms with Gasteiger partial charge in [-0.3, -0.25) is 4.90 Å². The quantitative estimate of drug-likeness (QED) is 0.796. The molecule has 3 nitrogen and oxygen atoms in total. The molecule has 0 saturated heterocycles. The van der Waals surface area contributed by atoms with Crippen LogP contribution in [0.3, 0.4) is 0 Å². The van der Waals surface area contributed by atoms with Gasteiger partial charge in [-0.1, -0.05) is 19.1 Å². The Kier molecular flexibility index (Phi) is 5.29. The van der Waals surface area contributed by atoms with Crippen molar-refractivity contribution in [2.75, 3.05) is 27.3 Å². The van der Waals surface area contributed by atoms with Gasteiger partial charge in [-0.2, -0.15) is 0 Å². The smallest absolute Gasteiger partial charge is 0.123 e. The maximum Gasteiger partial charge on any atom is 0.123 e. The zero-order valence-corrected chi connectivity index (χ0v) is 10.4. The molecule has 0 aromatic heterocycles. The normalized spacial score (nSPS) is 10.8. The molecule has 16 heavy (non-hydrogen) atoms. The van der Waals surface area contributed by atoms with Gasteiger partial charge in [0.15, 0.2) is 0 Å². The predicted octanol–water partition coefficient (Wildman–Crippen LogP) is 1.68. The number of nitrogens with zero attached hydrogens (tertiary/aromatic N) is 1. The predicted molar refractivity (Wildman–Crippen MR) is 65.8 cm³/mol. The zero-order valence-electron chi connectivity index (χ0n) is 10.4. The number of hydrogen-bond donors (Lipinski definition) is 1. The van der Waals surface area contributed by atoms with E-state index in [4.69, 9.17) is 9.84 Å². The fourth-order valence-corrected chi connectivity index (χ4v) is 1.72. The van der Waals surface area contributed by atoms with Crippen LogP contribution in [0.4, 0.5) is 0 Å². The lowest BCUT2D eigenvalue weighted by Gasteiger charge is -2.17. The van der Waals surface area contributed by atoms with Gasteiger partial charge in [0.1, 0.15) is 5.75 Å². The lowest BCUT2D eigenvalue weighted by atomic mass is 10.1. The molecule has 0 aliphatic heterocycles. The molecule has 0 atom stereocenters. The Morgan fingerprint density at radius 3 is 2.69 bits per heavy atom. The van der Waals surface area contributed by atoms with Crippen LogP contribution in [0.15, 0.2) is 18.2 Å². The molecule has 0 heterocycles. The minimum Gasteiger partial charge on any atom is -0.496 e. The van der Waals surface area contributed by atoms with E-state index >= 15 is 0 Å². The van der Waals surface area contributed by atoms with Crippen LogP contribution in [-0.2, 0) is 13.0 Å². The molecule has 0 aliphatic carbocycles. The second kappa shape index (κ2) is 6.51. The molecule has 3 heteroatoms. The monoisotopic (exact) mass is 223 g/mol. The molecule has 1 aromatic rings. The molecule has 0 saturated carbocycles. The van der Waals surface area contributed by atoms with E-state index in [1.165, 1.54) is 11.1 Å². The highest BCUT2D eigenvalue weighted by molar-refractivity contribution is 5.37. The lowest BCUT2D eigenvalue weighted by molar-refractivity contribution is 0.216. The Hall–Kier alpha value is -1.06. The molecule has 1 N–H and O–H groups in total. The van der Waals surface area contributed by atoms with E-state index in [9.17, 15) is 0 Å². The Morgan fingerprint density at radius 1 is 1.38 bits per heavy atom.